The molecule has 1 fully saturated rings. The average molecular weight is 324 g/mol. The van der Waals surface area contributed by atoms with Crippen molar-refractivity contribution in [1.29, 1.82) is 0 Å². The number of benzene rings is 1. The second-order valence-corrected chi connectivity index (χ2v) is 6.10. The van der Waals surface area contributed by atoms with Crippen LogP contribution in [-0.4, -0.2) is 36.9 Å². The van der Waals surface area contributed by atoms with E-state index in [1.807, 2.05) is 6.92 Å². The Bertz CT molecular complexity index is 662. The van der Waals surface area contributed by atoms with Gasteiger partial charge in [-0.2, -0.15) is 0 Å². The fourth-order valence-corrected chi connectivity index (χ4v) is 3.47. The van der Waals surface area contributed by atoms with E-state index in [2.05, 4.69) is 5.32 Å². The van der Waals surface area contributed by atoms with Crippen molar-refractivity contribution in [3.63, 3.8) is 0 Å². The van der Waals surface area contributed by atoms with E-state index in [0.29, 0.717) is 42.4 Å². The van der Waals surface area contributed by atoms with Gasteiger partial charge in [-0.3, -0.25) is 4.79 Å². The summed E-state index contributed by atoms with van der Waals surface area (Å²) < 4.78 is 10.7. The number of hydrogen-bond donors (Lipinski definition) is 2. The predicted octanol–water partition coefficient (Wildman–Crippen LogP) is 2.61. The summed E-state index contributed by atoms with van der Waals surface area (Å²) in [6, 6.07) is 3.55. The van der Waals surface area contributed by atoms with Crippen LogP contribution in [0.25, 0.3) is 5.57 Å². The Morgan fingerprint density at radius 3 is 2.68 bits per heavy atom. The summed E-state index contributed by atoms with van der Waals surface area (Å²) in [6.07, 6.45) is 1.08. The molecule has 1 amide bonds. The normalized spacial score (nSPS) is 20.4. The number of nitrogens with one attached hydrogen (secondary N) is 1. The first-order valence-electron chi connectivity index (χ1n) is 7.17. The maximum Gasteiger partial charge on any atom is 0.256 e. The molecule has 6 heteroatoms. The molecule has 0 radical (unpaired) electrons. The van der Waals surface area contributed by atoms with Gasteiger partial charge in [-0.05, 0) is 24.6 Å². The lowest BCUT2D eigenvalue weighted by Crippen LogP contribution is -2.48. The number of aliphatic hydroxyl groups excluding tert-OH is 1. The zero-order chi connectivity index (χ0) is 15.9. The van der Waals surface area contributed by atoms with Gasteiger partial charge in [0.25, 0.3) is 5.91 Å². The molecule has 2 N–H and O–H groups in total. The number of hydrogen-bond acceptors (Lipinski definition) is 4. The summed E-state index contributed by atoms with van der Waals surface area (Å²) in [5.74, 6) is 0.180. The first-order valence-corrected chi connectivity index (χ1v) is 7.55. The maximum atomic E-state index is 12.5. The molecule has 0 unspecified atom stereocenters. The molecule has 1 spiro atoms. The van der Waals surface area contributed by atoms with Crippen LogP contribution in [0.2, 0.25) is 5.02 Å². The largest absolute Gasteiger partial charge is 0.509 e. The highest BCUT2D eigenvalue weighted by Crippen LogP contribution is 2.43. The number of rotatable bonds is 2. The predicted molar refractivity (Wildman–Crippen MR) is 83.2 cm³/mol. The molecule has 1 aromatic carbocycles. The monoisotopic (exact) mass is 323 g/mol. The van der Waals surface area contributed by atoms with E-state index in [0.717, 1.165) is 5.56 Å². The highest BCUT2D eigenvalue weighted by molar-refractivity contribution is 6.36. The number of aryl methyl sites for hydroxylation is 1. The van der Waals surface area contributed by atoms with Crippen LogP contribution in [0.15, 0.2) is 17.9 Å². The molecule has 2 aliphatic rings. The third-order valence-electron chi connectivity index (χ3n) is 4.28. The lowest BCUT2D eigenvalue weighted by Gasteiger charge is -2.33. The molecule has 2 aliphatic heterocycles. The van der Waals surface area contributed by atoms with Crippen molar-refractivity contribution in [3.8, 4) is 5.75 Å². The van der Waals surface area contributed by atoms with E-state index < -0.39 is 5.54 Å². The summed E-state index contributed by atoms with van der Waals surface area (Å²) in [5.41, 5.74) is 0.811. The maximum absolute atomic E-state index is 12.5. The van der Waals surface area contributed by atoms with E-state index >= 15 is 0 Å². The molecular formula is C16H18ClNO4. The Labute approximate surface area is 133 Å². The molecule has 1 aromatic rings. The van der Waals surface area contributed by atoms with Crippen LogP contribution in [0.5, 0.6) is 5.75 Å². The minimum absolute atomic E-state index is 0.0323. The first kappa shape index (κ1) is 15.2. The van der Waals surface area contributed by atoms with Crippen LogP contribution in [0.3, 0.4) is 0 Å². The number of halogens is 1. The topological polar surface area (TPSA) is 67.8 Å². The second kappa shape index (κ2) is 5.48. The number of ether oxygens (including phenoxy) is 2. The number of carbonyl (C=O) groups is 1. The molecule has 22 heavy (non-hydrogen) atoms. The summed E-state index contributed by atoms with van der Waals surface area (Å²) in [6.45, 7) is 2.88. The van der Waals surface area contributed by atoms with Gasteiger partial charge in [-0.15, -0.1) is 0 Å². The number of aliphatic hydroxyl groups is 1. The van der Waals surface area contributed by atoms with Crippen molar-refractivity contribution in [2.24, 2.45) is 0 Å². The van der Waals surface area contributed by atoms with Crippen molar-refractivity contribution in [3.05, 3.63) is 34.0 Å². The van der Waals surface area contributed by atoms with Crippen LogP contribution >= 0.6 is 11.6 Å². The van der Waals surface area contributed by atoms with Crippen molar-refractivity contribution in [1.82, 2.24) is 5.32 Å². The van der Waals surface area contributed by atoms with Gasteiger partial charge in [0.05, 0.1) is 23.3 Å². The van der Waals surface area contributed by atoms with E-state index in [1.54, 1.807) is 12.1 Å². The van der Waals surface area contributed by atoms with Gasteiger partial charge >= 0.3 is 0 Å². The van der Waals surface area contributed by atoms with E-state index in [4.69, 9.17) is 21.1 Å². The first-order chi connectivity index (χ1) is 10.5. The average Bonchev–Trinajstić information content (AvgIpc) is 2.71. The van der Waals surface area contributed by atoms with Crippen LogP contribution in [0.1, 0.15) is 24.0 Å². The van der Waals surface area contributed by atoms with Gasteiger partial charge in [0, 0.05) is 26.1 Å². The van der Waals surface area contributed by atoms with E-state index in [-0.39, 0.29) is 17.2 Å². The van der Waals surface area contributed by atoms with Gasteiger partial charge in [0.15, 0.2) is 0 Å². The third kappa shape index (κ3) is 2.25. The summed E-state index contributed by atoms with van der Waals surface area (Å²) in [4.78, 5) is 12.5. The number of methoxy groups -OCH3 is 1. The van der Waals surface area contributed by atoms with Crippen LogP contribution in [0.4, 0.5) is 0 Å². The van der Waals surface area contributed by atoms with Gasteiger partial charge < -0.3 is 19.9 Å². The minimum Gasteiger partial charge on any atom is -0.509 e. The van der Waals surface area contributed by atoms with E-state index in [9.17, 15) is 9.90 Å². The molecule has 0 aliphatic carbocycles. The molecule has 1 saturated heterocycles. The Morgan fingerprint density at radius 1 is 1.36 bits per heavy atom. The summed E-state index contributed by atoms with van der Waals surface area (Å²) in [7, 11) is 1.52. The van der Waals surface area contributed by atoms with Crippen LogP contribution in [-0.2, 0) is 9.53 Å². The Balaban J connectivity index is 2.17. The Kier molecular flexibility index (Phi) is 3.78. The van der Waals surface area contributed by atoms with Crippen LogP contribution < -0.4 is 10.1 Å². The fraction of sp³-hybridized carbons (Fsp3) is 0.438. The standard InChI is InChI=1S/C16H18ClNO4/c1-9-7-10(17)12(11(8-9)21-2)13-14(19)16(18-15(13)20)3-5-22-6-4-16/h7-8,19H,3-6H2,1-2H3,(H,18,20). The molecule has 0 aromatic heterocycles. The molecular weight excluding hydrogens is 306 g/mol. The Morgan fingerprint density at radius 2 is 2.05 bits per heavy atom. The molecule has 0 atom stereocenters. The quantitative estimate of drug-likeness (QED) is 0.878. The number of carbonyl (C=O) groups excluding carboxylic acids is 1. The van der Waals surface area contributed by atoms with Crippen LogP contribution in [0, 0.1) is 6.92 Å². The summed E-state index contributed by atoms with van der Waals surface area (Å²) in [5, 5.41) is 14.0. The lowest BCUT2D eigenvalue weighted by atomic mass is 9.88. The van der Waals surface area contributed by atoms with Gasteiger partial charge in [0.1, 0.15) is 17.0 Å². The summed E-state index contributed by atoms with van der Waals surface area (Å²) >= 11 is 6.32. The van der Waals surface area contributed by atoms with Crippen molar-refractivity contribution >= 4 is 23.1 Å². The van der Waals surface area contributed by atoms with Gasteiger partial charge in [0.2, 0.25) is 0 Å². The highest BCUT2D eigenvalue weighted by atomic mass is 35.5. The zero-order valence-electron chi connectivity index (χ0n) is 12.5. The molecule has 3 rings (SSSR count). The molecule has 2 heterocycles. The Hall–Kier alpha value is -1.72. The molecule has 118 valence electrons. The van der Waals surface area contributed by atoms with E-state index in [1.165, 1.54) is 7.11 Å². The lowest BCUT2D eigenvalue weighted by molar-refractivity contribution is -0.117. The smallest absolute Gasteiger partial charge is 0.256 e. The second-order valence-electron chi connectivity index (χ2n) is 5.70. The van der Waals surface area contributed by atoms with Gasteiger partial charge in [-0.1, -0.05) is 11.6 Å². The molecule has 5 nitrogen and oxygen atoms in total. The third-order valence-corrected chi connectivity index (χ3v) is 4.58. The molecule has 0 bridgehead atoms. The molecule has 0 saturated carbocycles. The fourth-order valence-electron chi connectivity index (χ4n) is 3.11. The van der Waals surface area contributed by atoms with Crippen molar-refractivity contribution in [2.75, 3.05) is 20.3 Å². The minimum atomic E-state index is -0.746. The zero-order valence-corrected chi connectivity index (χ0v) is 13.3. The SMILES string of the molecule is COc1cc(C)cc(Cl)c1C1=C(O)C2(CCOCC2)NC1=O. The van der Waals surface area contributed by atoms with Crippen molar-refractivity contribution < 1.29 is 19.4 Å². The highest BCUT2D eigenvalue weighted by Gasteiger charge is 2.47. The van der Waals surface area contributed by atoms with Crippen molar-refractivity contribution in [2.45, 2.75) is 25.3 Å². The number of amides is 1. The van der Waals surface area contributed by atoms with Gasteiger partial charge in [-0.25, -0.2) is 0 Å².